The average Bonchev–Trinajstić information content (AvgIpc) is 1.15. The van der Waals surface area contributed by atoms with Crippen LogP contribution in [0, 0.1) is 5.92 Å². The second-order valence-corrected chi connectivity index (χ2v) is 23.1. The number of carbonyl (C=O) groups excluding carboxylic acids is 3. The van der Waals surface area contributed by atoms with E-state index in [-0.39, 0.29) is 0 Å². The van der Waals surface area contributed by atoms with Crippen molar-refractivity contribution in [2.75, 3.05) is 59.5 Å². The molecule has 38 heteroatoms. The van der Waals surface area contributed by atoms with Crippen molar-refractivity contribution < 1.29 is 173 Å². The Kier molecular flexibility index (Phi) is 26.5. The molecule has 34 atom stereocenters. The SMILES string of the molecule is CC(=O)NC1C(O)CC(CO)(CO[C@@H]2OC(CO)[C@H](CO)C(O)C2O)O[C@H]1OC1C(O)[C@H](O)C(CO)O[C@@H]1OCC1O[C@@H](O[C@@H]2C(CO)O[C@@H](O[C@@H]3C(CO)O[C@@H](C)C(NC(C)=O)C3O)C(NC(C)=O)C2O)C(O)C(O[C@H]2OC(CO)[C@@H](O)C(O)C2O)[C@@H]1O. The largest absolute Gasteiger partial charge is 0.396 e. The van der Waals surface area contributed by atoms with Crippen LogP contribution in [0.2, 0.25) is 0 Å². The van der Waals surface area contributed by atoms with E-state index in [4.69, 9.17) is 61.6 Å². The Morgan fingerprint density at radius 1 is 0.404 bits per heavy atom. The molecule has 0 aromatic carbocycles. The van der Waals surface area contributed by atoms with Gasteiger partial charge in [0.2, 0.25) is 17.7 Å². The Morgan fingerprint density at radius 2 is 0.865 bits per heavy atom. The van der Waals surface area contributed by atoms with Crippen molar-refractivity contribution in [3.63, 3.8) is 0 Å². The second-order valence-electron chi connectivity index (χ2n) is 23.1. The molecule has 7 heterocycles. The number of carbonyl (C=O) groups is 3. The van der Waals surface area contributed by atoms with E-state index in [1.165, 1.54) is 13.8 Å². The van der Waals surface area contributed by atoms with Crippen molar-refractivity contribution in [1.29, 1.82) is 0 Å². The van der Waals surface area contributed by atoms with Gasteiger partial charge in [0.1, 0.15) is 134 Å². The molecular weight excluding hydrogens is 1210 g/mol. The van der Waals surface area contributed by atoms with Crippen molar-refractivity contribution in [1.82, 2.24) is 16.0 Å². The van der Waals surface area contributed by atoms with Crippen LogP contribution in [0.15, 0.2) is 0 Å². The number of ether oxygens (including phenoxy) is 13. The summed E-state index contributed by atoms with van der Waals surface area (Å²) in [6, 6.07) is -4.47. The van der Waals surface area contributed by atoms with Crippen LogP contribution in [0.5, 0.6) is 0 Å². The van der Waals surface area contributed by atoms with Gasteiger partial charge in [0.25, 0.3) is 0 Å². The molecule has 7 rings (SSSR count). The van der Waals surface area contributed by atoms with E-state index in [2.05, 4.69) is 16.0 Å². The quantitative estimate of drug-likeness (QED) is 0.0427. The zero-order valence-electron chi connectivity index (χ0n) is 48.7. The molecule has 3 amide bonds. The third kappa shape index (κ3) is 16.4. The highest BCUT2D eigenvalue weighted by Gasteiger charge is 2.58. The fourth-order valence-corrected chi connectivity index (χ4v) is 11.8. The molecule has 38 nitrogen and oxygen atoms in total. The Morgan fingerprint density at radius 3 is 1.44 bits per heavy atom. The maximum Gasteiger partial charge on any atom is 0.217 e. The lowest BCUT2D eigenvalue weighted by Gasteiger charge is -2.50. The standard InChI is InChI=1S/C51H87N3O35/c1-15-27(52-16(2)62)34(70)41(24(10-59)79-15)85-45-29(54-18(4)64)35(71)42(25(11-60)83-45)86-49-40(76)43(87-48-39(75)36(72)31(67)22(8-57)81-48)33(69)26(84-49)12-77-50-44(37(73)32(68)23(9-58)82-50)88-46-28(53-17(3)63)20(65)5-51(13-61,89-46)14-78-47-38(74)30(66)19(6-55)21(7-56)80-47/h15,19-50,55-61,65-76H,5-14H2,1-4H3,(H,52,62)(H,53,63)(H,54,64)/t15-,19-,20?,21?,22?,23?,24?,25?,26?,27?,28?,29?,30?,31+,32+,33+,34?,35?,36?,37?,38?,39?,40?,41+,42+,43?,44?,45-,46+,47+,48+,49-,50-,51?/m0/s1. The summed E-state index contributed by atoms with van der Waals surface area (Å²) in [5.41, 5.74) is -2.08. The first-order chi connectivity index (χ1) is 42.1. The van der Waals surface area contributed by atoms with Crippen LogP contribution >= 0.6 is 0 Å². The monoisotopic (exact) mass is 1300 g/mol. The van der Waals surface area contributed by atoms with Crippen molar-refractivity contribution in [2.24, 2.45) is 5.92 Å². The molecule has 0 spiro atoms. The van der Waals surface area contributed by atoms with E-state index >= 15 is 0 Å². The number of amides is 3. The fourth-order valence-electron chi connectivity index (χ4n) is 11.8. The summed E-state index contributed by atoms with van der Waals surface area (Å²) in [6.07, 6.45) is -54.7. The van der Waals surface area contributed by atoms with Crippen LogP contribution in [-0.4, -0.2) is 376 Å². The molecule has 0 aromatic heterocycles. The number of hydrogen-bond donors (Lipinski definition) is 22. The van der Waals surface area contributed by atoms with Gasteiger partial charge in [-0.1, -0.05) is 0 Å². The van der Waals surface area contributed by atoms with Gasteiger partial charge in [0.05, 0.1) is 89.9 Å². The molecule has 0 saturated carbocycles. The third-order valence-corrected chi connectivity index (χ3v) is 16.7. The molecular formula is C51H87N3O35. The minimum atomic E-state index is -2.32. The van der Waals surface area contributed by atoms with Crippen molar-refractivity contribution in [3.8, 4) is 0 Å². The van der Waals surface area contributed by atoms with Gasteiger partial charge in [-0.25, -0.2) is 0 Å². The fraction of sp³-hybridized carbons (Fsp3) is 0.941. The molecule has 0 aromatic rings. The number of rotatable bonds is 24. The van der Waals surface area contributed by atoms with E-state index in [9.17, 15) is 111 Å². The molecule has 0 aliphatic carbocycles. The van der Waals surface area contributed by atoms with E-state index in [1.807, 2.05) is 0 Å². The first-order valence-corrected chi connectivity index (χ1v) is 28.8. The van der Waals surface area contributed by atoms with E-state index in [0.29, 0.717) is 0 Å². The zero-order valence-corrected chi connectivity index (χ0v) is 48.7. The minimum absolute atomic E-state index is 0.573. The van der Waals surface area contributed by atoms with E-state index in [1.54, 1.807) is 0 Å². The first kappa shape index (κ1) is 73.5. The normalized spacial score (nSPS) is 48.1. The van der Waals surface area contributed by atoms with Crippen LogP contribution in [0.1, 0.15) is 34.1 Å². The average molecular weight is 1300 g/mol. The Balaban J connectivity index is 1.17. The molecule has 0 bridgehead atoms. The summed E-state index contributed by atoms with van der Waals surface area (Å²) in [5.74, 6) is -3.34. The number of hydrogen-bond acceptors (Lipinski definition) is 35. The van der Waals surface area contributed by atoms with Gasteiger partial charge < -0.3 is 175 Å². The van der Waals surface area contributed by atoms with Gasteiger partial charge in [0.15, 0.2) is 37.7 Å². The Bertz CT molecular complexity index is 2240. The first-order valence-electron chi connectivity index (χ1n) is 28.8. The van der Waals surface area contributed by atoms with Gasteiger partial charge in [-0.2, -0.15) is 0 Å². The molecule has 89 heavy (non-hydrogen) atoms. The van der Waals surface area contributed by atoms with Gasteiger partial charge in [-0.05, 0) is 6.92 Å². The lowest BCUT2D eigenvalue weighted by atomic mass is 9.88. The summed E-state index contributed by atoms with van der Waals surface area (Å²) >= 11 is 0. The lowest BCUT2D eigenvalue weighted by Crippen LogP contribution is -2.70. The highest BCUT2D eigenvalue weighted by Crippen LogP contribution is 2.39. The lowest BCUT2D eigenvalue weighted by molar-refractivity contribution is -0.388. The topological polar surface area (TPSA) is 592 Å². The zero-order chi connectivity index (χ0) is 65.7. The van der Waals surface area contributed by atoms with Crippen LogP contribution in [0.25, 0.3) is 0 Å². The second kappa shape index (κ2) is 32.0. The molecule has 7 saturated heterocycles. The van der Waals surface area contributed by atoms with Gasteiger partial charge in [0, 0.05) is 33.1 Å². The van der Waals surface area contributed by atoms with Crippen molar-refractivity contribution in [2.45, 2.75) is 236 Å². The molecule has 21 unspecified atom stereocenters. The van der Waals surface area contributed by atoms with E-state index < -0.39 is 291 Å². The van der Waals surface area contributed by atoms with Crippen molar-refractivity contribution >= 4 is 17.7 Å². The van der Waals surface area contributed by atoms with Crippen LogP contribution < -0.4 is 16.0 Å². The summed E-state index contributed by atoms with van der Waals surface area (Å²) in [7, 11) is 0. The molecule has 7 aliphatic heterocycles. The maximum absolute atomic E-state index is 12.8. The summed E-state index contributed by atoms with van der Waals surface area (Å²) in [6.45, 7) is -3.41. The van der Waals surface area contributed by atoms with Gasteiger partial charge in [-0.3, -0.25) is 14.4 Å². The smallest absolute Gasteiger partial charge is 0.217 e. The highest BCUT2D eigenvalue weighted by atomic mass is 16.8. The third-order valence-electron chi connectivity index (χ3n) is 16.7. The summed E-state index contributed by atoms with van der Waals surface area (Å²) in [5, 5.41) is 215. The maximum atomic E-state index is 12.8. The Hall–Kier alpha value is -2.87. The van der Waals surface area contributed by atoms with Crippen LogP contribution in [0.3, 0.4) is 0 Å². The summed E-state index contributed by atoms with van der Waals surface area (Å²) < 4.78 is 77.0. The Labute approximate surface area is 507 Å². The molecule has 0 radical (unpaired) electrons. The molecule has 22 N–H and O–H groups in total. The minimum Gasteiger partial charge on any atom is -0.396 e. The van der Waals surface area contributed by atoms with Gasteiger partial charge in [-0.15, -0.1) is 0 Å². The number of nitrogens with one attached hydrogen (secondary N) is 3. The van der Waals surface area contributed by atoms with Gasteiger partial charge >= 0.3 is 0 Å². The molecule has 7 aliphatic rings. The van der Waals surface area contributed by atoms with E-state index in [0.717, 1.165) is 13.8 Å². The molecule has 7 fully saturated rings. The number of aliphatic hydroxyl groups excluding tert-OH is 19. The number of aliphatic hydroxyl groups is 19. The highest BCUT2D eigenvalue weighted by molar-refractivity contribution is 5.74. The molecule has 516 valence electrons. The predicted octanol–water partition coefficient (Wildman–Crippen LogP) is -14.1. The van der Waals surface area contributed by atoms with Crippen LogP contribution in [-0.2, 0) is 76.0 Å². The van der Waals surface area contributed by atoms with Crippen molar-refractivity contribution in [3.05, 3.63) is 0 Å². The van der Waals surface area contributed by atoms with Crippen LogP contribution in [0.4, 0.5) is 0 Å². The summed E-state index contributed by atoms with van der Waals surface area (Å²) in [4.78, 5) is 37.4. The predicted molar refractivity (Wildman–Crippen MR) is 279 cm³/mol.